The molecule has 1 saturated carbocycles. The minimum Gasteiger partial charge on any atom is -0.395 e. The molecule has 4 atom stereocenters. The van der Waals surface area contributed by atoms with Crippen LogP contribution in [0.15, 0.2) is 23.3 Å². The molecule has 0 aliphatic heterocycles. The Hall–Kier alpha value is -0.640. The number of aliphatic hydroxyl groups excluding tert-OH is 3. The van der Waals surface area contributed by atoms with Crippen molar-refractivity contribution >= 4 is 0 Å². The van der Waals surface area contributed by atoms with Crippen molar-refractivity contribution in [1.82, 2.24) is 0 Å². The molecule has 3 N–H and O–H groups in total. The Kier molecular flexibility index (Phi) is 6.10. The van der Waals surface area contributed by atoms with Gasteiger partial charge < -0.3 is 15.3 Å². The predicted octanol–water partition coefficient (Wildman–Crippen LogP) is 3.45. The number of allylic oxidation sites excluding steroid dienone is 2. The van der Waals surface area contributed by atoms with Crippen LogP contribution in [0.1, 0.15) is 59.3 Å². The van der Waals surface area contributed by atoms with Gasteiger partial charge in [0.15, 0.2) is 0 Å². The van der Waals surface area contributed by atoms with Crippen LogP contribution < -0.4 is 0 Å². The molecule has 2 aliphatic carbocycles. The van der Waals surface area contributed by atoms with Gasteiger partial charge in [0.2, 0.25) is 0 Å². The Balaban J connectivity index is 2.30. The van der Waals surface area contributed by atoms with Crippen molar-refractivity contribution in [1.29, 1.82) is 0 Å². The highest BCUT2D eigenvalue weighted by Gasteiger charge is 2.55. The summed E-state index contributed by atoms with van der Waals surface area (Å²) in [6.45, 7) is 7.16. The minimum atomic E-state index is -0.219. The summed E-state index contributed by atoms with van der Waals surface area (Å²) in [6, 6.07) is 0. The van der Waals surface area contributed by atoms with Crippen LogP contribution in [0.25, 0.3) is 0 Å². The maximum atomic E-state index is 10.3. The van der Waals surface area contributed by atoms with Crippen molar-refractivity contribution in [3.63, 3.8) is 0 Å². The Morgan fingerprint density at radius 2 is 2.04 bits per heavy atom. The smallest absolute Gasteiger partial charge is 0.0648 e. The Bertz CT molecular complexity index is 468. The first kappa shape index (κ1) is 18.7. The maximum Gasteiger partial charge on any atom is 0.0648 e. The summed E-state index contributed by atoms with van der Waals surface area (Å²) in [5, 5.41) is 29.2. The molecule has 23 heavy (non-hydrogen) atoms. The van der Waals surface area contributed by atoms with E-state index >= 15 is 0 Å². The van der Waals surface area contributed by atoms with E-state index in [4.69, 9.17) is 5.11 Å². The SMILES string of the molecule is C/C(=C\CO)CC[C@@]1(C)[C@H](C)CC[C@@]2(CO)C(CO)=CCC[C@@H]21. The lowest BCUT2D eigenvalue weighted by molar-refractivity contribution is -0.0826. The lowest BCUT2D eigenvalue weighted by Crippen LogP contribution is -2.53. The number of fused-ring (bicyclic) bond motifs is 1. The van der Waals surface area contributed by atoms with E-state index in [-0.39, 0.29) is 30.7 Å². The number of rotatable bonds is 6. The van der Waals surface area contributed by atoms with Crippen molar-refractivity contribution in [3.8, 4) is 0 Å². The standard InChI is InChI=1S/C20H34O3/c1-15(9-12-21)7-10-19(3)16(2)8-11-20(14-23)17(13-22)5-4-6-18(19)20/h5,9,16,18,21-23H,4,6-8,10-14H2,1-3H3/b15-9+/t16-,18-,19+,20-/m1/s1. The van der Waals surface area contributed by atoms with Crippen LogP contribution >= 0.6 is 0 Å². The summed E-state index contributed by atoms with van der Waals surface area (Å²) >= 11 is 0. The van der Waals surface area contributed by atoms with E-state index in [0.717, 1.165) is 44.1 Å². The fraction of sp³-hybridized carbons (Fsp3) is 0.800. The highest BCUT2D eigenvalue weighted by Crippen LogP contribution is 2.61. The molecule has 2 aliphatic rings. The van der Waals surface area contributed by atoms with Gasteiger partial charge in [0.25, 0.3) is 0 Å². The fourth-order valence-electron chi connectivity index (χ4n) is 5.23. The molecule has 3 nitrogen and oxygen atoms in total. The Morgan fingerprint density at radius 3 is 2.65 bits per heavy atom. The largest absolute Gasteiger partial charge is 0.395 e. The van der Waals surface area contributed by atoms with Crippen LogP contribution in [0, 0.1) is 22.7 Å². The Morgan fingerprint density at radius 1 is 1.30 bits per heavy atom. The Labute approximate surface area is 141 Å². The van der Waals surface area contributed by atoms with Crippen LogP contribution in [0.5, 0.6) is 0 Å². The zero-order valence-electron chi connectivity index (χ0n) is 15.0. The first-order chi connectivity index (χ1) is 10.9. The highest BCUT2D eigenvalue weighted by molar-refractivity contribution is 5.24. The lowest BCUT2D eigenvalue weighted by Gasteiger charge is -2.59. The van der Waals surface area contributed by atoms with Crippen molar-refractivity contribution in [3.05, 3.63) is 23.3 Å². The second kappa shape index (κ2) is 7.50. The van der Waals surface area contributed by atoms with Gasteiger partial charge in [-0.15, -0.1) is 0 Å². The minimum absolute atomic E-state index is 0.0744. The molecule has 0 saturated heterocycles. The maximum absolute atomic E-state index is 10.3. The monoisotopic (exact) mass is 322 g/mol. The molecule has 0 aromatic carbocycles. The van der Waals surface area contributed by atoms with E-state index in [2.05, 4.69) is 26.8 Å². The first-order valence-electron chi connectivity index (χ1n) is 9.12. The van der Waals surface area contributed by atoms with Crippen molar-refractivity contribution in [2.45, 2.75) is 59.3 Å². The van der Waals surface area contributed by atoms with Gasteiger partial charge in [-0.3, -0.25) is 0 Å². The predicted molar refractivity (Wildman–Crippen MR) is 94.0 cm³/mol. The number of hydrogen-bond acceptors (Lipinski definition) is 3. The summed E-state index contributed by atoms with van der Waals surface area (Å²) in [7, 11) is 0. The number of hydrogen-bond donors (Lipinski definition) is 3. The summed E-state index contributed by atoms with van der Waals surface area (Å²) < 4.78 is 0. The van der Waals surface area contributed by atoms with Gasteiger partial charge in [0.1, 0.15) is 0 Å². The van der Waals surface area contributed by atoms with Crippen molar-refractivity contribution in [2.75, 3.05) is 19.8 Å². The van der Waals surface area contributed by atoms with Crippen LogP contribution in [0.2, 0.25) is 0 Å². The second-order valence-corrected chi connectivity index (χ2v) is 8.01. The molecule has 0 amide bonds. The quantitative estimate of drug-likeness (QED) is 0.656. The normalized spacial score (nSPS) is 38.2. The zero-order valence-corrected chi connectivity index (χ0v) is 15.0. The third-order valence-electron chi connectivity index (χ3n) is 7.05. The highest BCUT2D eigenvalue weighted by atomic mass is 16.3. The van der Waals surface area contributed by atoms with Gasteiger partial charge in [-0.05, 0) is 68.3 Å². The van der Waals surface area contributed by atoms with Crippen LogP contribution in [-0.4, -0.2) is 35.1 Å². The second-order valence-electron chi connectivity index (χ2n) is 8.01. The first-order valence-corrected chi connectivity index (χ1v) is 9.12. The topological polar surface area (TPSA) is 60.7 Å². The van der Waals surface area contributed by atoms with Crippen LogP contribution in [-0.2, 0) is 0 Å². The average molecular weight is 322 g/mol. The summed E-state index contributed by atoms with van der Waals surface area (Å²) in [5.41, 5.74) is 2.26. The van der Waals surface area contributed by atoms with Gasteiger partial charge in [-0.2, -0.15) is 0 Å². The molecule has 0 aromatic rings. The summed E-state index contributed by atoms with van der Waals surface area (Å²) in [5.74, 6) is 1.05. The lowest BCUT2D eigenvalue weighted by atomic mass is 9.46. The number of aliphatic hydroxyl groups is 3. The van der Waals surface area contributed by atoms with Crippen LogP contribution in [0.3, 0.4) is 0 Å². The average Bonchev–Trinajstić information content (AvgIpc) is 2.56. The van der Waals surface area contributed by atoms with Gasteiger partial charge in [0, 0.05) is 5.41 Å². The van der Waals surface area contributed by atoms with E-state index < -0.39 is 0 Å². The molecule has 132 valence electrons. The van der Waals surface area contributed by atoms with Gasteiger partial charge in [0.05, 0.1) is 19.8 Å². The fourth-order valence-corrected chi connectivity index (χ4v) is 5.23. The molecule has 0 bridgehead atoms. The summed E-state index contributed by atoms with van der Waals surface area (Å²) in [6.07, 6.45) is 10.4. The van der Waals surface area contributed by atoms with Gasteiger partial charge in [-0.1, -0.05) is 31.6 Å². The molecule has 0 heterocycles. The molecule has 0 spiro atoms. The molecular formula is C20H34O3. The van der Waals surface area contributed by atoms with Crippen molar-refractivity contribution in [2.24, 2.45) is 22.7 Å². The third kappa shape index (κ3) is 3.29. The van der Waals surface area contributed by atoms with Gasteiger partial charge in [-0.25, -0.2) is 0 Å². The molecule has 0 aromatic heterocycles. The molecule has 3 heteroatoms. The summed E-state index contributed by atoms with van der Waals surface area (Å²) in [4.78, 5) is 0. The van der Waals surface area contributed by atoms with E-state index in [9.17, 15) is 10.2 Å². The van der Waals surface area contributed by atoms with Gasteiger partial charge >= 0.3 is 0 Å². The molecule has 0 radical (unpaired) electrons. The molecule has 1 fully saturated rings. The van der Waals surface area contributed by atoms with E-state index in [0.29, 0.717) is 11.8 Å². The van der Waals surface area contributed by atoms with E-state index in [1.54, 1.807) is 0 Å². The van der Waals surface area contributed by atoms with E-state index in [1.807, 2.05) is 6.08 Å². The zero-order chi connectivity index (χ0) is 17.1. The molecule has 2 rings (SSSR count). The van der Waals surface area contributed by atoms with E-state index in [1.165, 1.54) is 5.57 Å². The third-order valence-corrected chi connectivity index (χ3v) is 7.05. The molecular weight excluding hydrogens is 288 g/mol. The van der Waals surface area contributed by atoms with Crippen molar-refractivity contribution < 1.29 is 15.3 Å². The molecule has 0 unspecified atom stereocenters. The van der Waals surface area contributed by atoms with Crippen LogP contribution in [0.4, 0.5) is 0 Å².